The molecule has 1 saturated heterocycles. The van der Waals surface area contributed by atoms with Crippen molar-refractivity contribution in [1.82, 2.24) is 4.90 Å². The van der Waals surface area contributed by atoms with Gasteiger partial charge in [-0.2, -0.15) is 0 Å². The molecule has 1 saturated carbocycles. The summed E-state index contributed by atoms with van der Waals surface area (Å²) in [5.41, 5.74) is 5.80. The molecule has 2 fully saturated rings. The Morgan fingerprint density at radius 1 is 1.26 bits per heavy atom. The smallest absolute Gasteiger partial charge is 0.410 e. The number of likely N-dealkylation sites (tertiary alicyclic amines) is 1. The van der Waals surface area contributed by atoms with Gasteiger partial charge in [0.2, 0.25) is 0 Å². The van der Waals surface area contributed by atoms with E-state index in [1.165, 1.54) is 0 Å². The molecule has 0 aromatic rings. The maximum atomic E-state index is 12.3. The van der Waals surface area contributed by atoms with E-state index in [2.05, 4.69) is 13.8 Å². The van der Waals surface area contributed by atoms with Crippen molar-refractivity contribution in [1.29, 1.82) is 0 Å². The fraction of sp³-hybridized carbons (Fsp3) is 0.933. The quantitative estimate of drug-likeness (QED) is 0.837. The Kier molecular flexibility index (Phi) is 3.37. The molecule has 2 N–H and O–H groups in total. The number of amides is 1. The molecule has 0 spiro atoms. The largest absolute Gasteiger partial charge is 0.444 e. The van der Waals surface area contributed by atoms with Gasteiger partial charge in [0, 0.05) is 23.5 Å². The van der Waals surface area contributed by atoms with Crippen LogP contribution in [0.3, 0.4) is 0 Å². The first-order valence-corrected chi connectivity index (χ1v) is 7.35. The Morgan fingerprint density at radius 2 is 1.84 bits per heavy atom. The zero-order chi connectivity index (χ0) is 14.5. The summed E-state index contributed by atoms with van der Waals surface area (Å²) in [6.07, 6.45) is 4.19. The Labute approximate surface area is 116 Å². The minimum absolute atomic E-state index is 0.0976. The normalized spacial score (nSPS) is 26.4. The van der Waals surface area contributed by atoms with Gasteiger partial charge in [-0.05, 0) is 60.3 Å². The second-order valence-electron chi connectivity index (χ2n) is 7.71. The molecule has 19 heavy (non-hydrogen) atoms. The van der Waals surface area contributed by atoms with Crippen LogP contribution >= 0.6 is 0 Å². The zero-order valence-corrected chi connectivity index (χ0v) is 13.0. The summed E-state index contributed by atoms with van der Waals surface area (Å²) in [5.74, 6) is 0. The fourth-order valence-corrected chi connectivity index (χ4v) is 3.42. The molecular formula is C15H28N2O2. The van der Waals surface area contributed by atoms with E-state index in [9.17, 15) is 4.79 Å². The topological polar surface area (TPSA) is 55.6 Å². The van der Waals surface area contributed by atoms with E-state index in [0.717, 1.165) is 32.2 Å². The summed E-state index contributed by atoms with van der Waals surface area (Å²) in [4.78, 5) is 14.3. The van der Waals surface area contributed by atoms with Gasteiger partial charge < -0.3 is 15.4 Å². The lowest BCUT2D eigenvalue weighted by atomic mass is 9.78. The van der Waals surface area contributed by atoms with Crippen molar-refractivity contribution >= 4 is 6.09 Å². The molecule has 1 atom stereocenters. The van der Waals surface area contributed by atoms with Crippen LogP contribution < -0.4 is 5.73 Å². The summed E-state index contributed by atoms with van der Waals surface area (Å²) in [5, 5.41) is 0. The van der Waals surface area contributed by atoms with E-state index in [1.807, 2.05) is 25.7 Å². The van der Waals surface area contributed by atoms with Gasteiger partial charge in [0.1, 0.15) is 5.60 Å². The maximum Gasteiger partial charge on any atom is 0.410 e. The van der Waals surface area contributed by atoms with Crippen LogP contribution in [0.15, 0.2) is 0 Å². The lowest BCUT2D eigenvalue weighted by Gasteiger charge is -2.40. The van der Waals surface area contributed by atoms with Crippen molar-refractivity contribution < 1.29 is 9.53 Å². The van der Waals surface area contributed by atoms with Gasteiger partial charge >= 0.3 is 6.09 Å². The number of ether oxygens (including phenoxy) is 1. The molecule has 0 bridgehead atoms. The second-order valence-corrected chi connectivity index (χ2v) is 7.71. The van der Waals surface area contributed by atoms with Crippen molar-refractivity contribution in [3.8, 4) is 0 Å². The van der Waals surface area contributed by atoms with Crippen LogP contribution in [0.4, 0.5) is 4.79 Å². The summed E-state index contributed by atoms with van der Waals surface area (Å²) in [6.45, 7) is 10.7. The molecule has 4 nitrogen and oxygen atoms in total. The summed E-state index contributed by atoms with van der Waals surface area (Å²) >= 11 is 0. The number of hydrogen-bond acceptors (Lipinski definition) is 3. The lowest BCUT2D eigenvalue weighted by Crippen LogP contribution is -2.54. The fourth-order valence-electron chi connectivity index (χ4n) is 3.42. The van der Waals surface area contributed by atoms with Gasteiger partial charge in [0.05, 0.1) is 0 Å². The van der Waals surface area contributed by atoms with Crippen LogP contribution in [0, 0.1) is 5.41 Å². The van der Waals surface area contributed by atoms with Crippen molar-refractivity contribution in [2.75, 3.05) is 6.54 Å². The highest BCUT2D eigenvalue weighted by molar-refractivity contribution is 5.69. The van der Waals surface area contributed by atoms with Crippen molar-refractivity contribution in [2.45, 2.75) is 77.5 Å². The lowest BCUT2D eigenvalue weighted by molar-refractivity contribution is 0.0112. The number of hydrogen-bond donors (Lipinski definition) is 1. The molecule has 1 heterocycles. The molecule has 2 rings (SSSR count). The Bertz CT molecular complexity index is 361. The first-order valence-electron chi connectivity index (χ1n) is 7.35. The first-order chi connectivity index (χ1) is 8.57. The third kappa shape index (κ3) is 2.73. The van der Waals surface area contributed by atoms with E-state index in [4.69, 9.17) is 10.5 Å². The number of carbonyl (C=O) groups excluding carboxylic acids is 1. The molecule has 1 unspecified atom stereocenters. The average molecular weight is 268 g/mol. The van der Waals surface area contributed by atoms with Gasteiger partial charge in [0.15, 0.2) is 0 Å². The van der Waals surface area contributed by atoms with Crippen LogP contribution in [-0.2, 0) is 4.74 Å². The molecular weight excluding hydrogens is 240 g/mol. The van der Waals surface area contributed by atoms with Crippen molar-refractivity contribution in [3.63, 3.8) is 0 Å². The Balaban J connectivity index is 2.12. The number of nitrogens with two attached hydrogens (primary N) is 1. The van der Waals surface area contributed by atoms with Crippen molar-refractivity contribution in [3.05, 3.63) is 0 Å². The number of rotatable bonds is 2. The van der Waals surface area contributed by atoms with Gasteiger partial charge in [-0.25, -0.2) is 4.79 Å². The molecule has 1 amide bonds. The molecule has 0 aromatic carbocycles. The highest BCUT2D eigenvalue weighted by atomic mass is 16.6. The Hall–Kier alpha value is -0.770. The van der Waals surface area contributed by atoms with Gasteiger partial charge in [0.25, 0.3) is 0 Å². The van der Waals surface area contributed by atoms with Crippen molar-refractivity contribution in [2.24, 2.45) is 11.1 Å². The molecule has 1 aliphatic heterocycles. The predicted octanol–water partition coefficient (Wildman–Crippen LogP) is 2.90. The zero-order valence-electron chi connectivity index (χ0n) is 13.0. The molecule has 0 radical (unpaired) electrons. The van der Waals surface area contributed by atoms with Gasteiger partial charge in [-0.15, -0.1) is 0 Å². The Morgan fingerprint density at radius 3 is 2.26 bits per heavy atom. The van der Waals surface area contributed by atoms with E-state index in [-0.39, 0.29) is 23.1 Å². The predicted molar refractivity (Wildman–Crippen MR) is 75.9 cm³/mol. The highest BCUT2D eigenvalue weighted by Crippen LogP contribution is 2.59. The number of nitrogens with zero attached hydrogens (tertiary/aromatic N) is 1. The third-order valence-electron chi connectivity index (χ3n) is 4.59. The second kappa shape index (κ2) is 4.37. The van der Waals surface area contributed by atoms with Gasteiger partial charge in [-0.1, -0.05) is 0 Å². The van der Waals surface area contributed by atoms with E-state index >= 15 is 0 Å². The van der Waals surface area contributed by atoms with Crippen LogP contribution in [0.2, 0.25) is 0 Å². The van der Waals surface area contributed by atoms with E-state index < -0.39 is 5.60 Å². The first kappa shape index (κ1) is 14.6. The number of carbonyl (C=O) groups is 1. The van der Waals surface area contributed by atoms with E-state index in [0.29, 0.717) is 0 Å². The highest BCUT2D eigenvalue weighted by Gasteiger charge is 2.60. The summed E-state index contributed by atoms with van der Waals surface area (Å²) < 4.78 is 5.53. The van der Waals surface area contributed by atoms with E-state index in [1.54, 1.807) is 0 Å². The molecule has 2 aliphatic rings. The summed E-state index contributed by atoms with van der Waals surface area (Å²) in [7, 11) is 0. The monoisotopic (exact) mass is 268 g/mol. The van der Waals surface area contributed by atoms with Crippen LogP contribution in [0.25, 0.3) is 0 Å². The summed E-state index contributed by atoms with van der Waals surface area (Å²) in [6, 6.07) is 0.252. The molecule has 1 aliphatic carbocycles. The molecule has 4 heteroatoms. The molecule has 110 valence electrons. The average Bonchev–Trinajstić information content (AvgIpc) is 2.87. The molecule has 0 aromatic heterocycles. The van der Waals surface area contributed by atoms with Gasteiger partial charge in [-0.3, -0.25) is 0 Å². The minimum atomic E-state index is -0.431. The SMILES string of the molecule is CC(C)(C)OC(=O)N1CCCC1C1(C(C)(C)N)CC1. The third-order valence-corrected chi connectivity index (χ3v) is 4.59. The van der Waals surface area contributed by atoms with Crippen LogP contribution in [0.5, 0.6) is 0 Å². The maximum absolute atomic E-state index is 12.3. The van der Waals surface area contributed by atoms with Crippen LogP contribution in [-0.4, -0.2) is 34.7 Å². The standard InChI is InChI=1S/C15H28N2O2/c1-13(2,3)19-12(18)17-10-6-7-11(17)15(8-9-15)14(4,5)16/h11H,6-10,16H2,1-5H3. The van der Waals surface area contributed by atoms with Crippen LogP contribution in [0.1, 0.15) is 60.3 Å². The minimum Gasteiger partial charge on any atom is -0.444 e.